The lowest BCUT2D eigenvalue weighted by molar-refractivity contribution is -0.165. The van der Waals surface area contributed by atoms with Crippen molar-refractivity contribution in [1.29, 1.82) is 0 Å². The van der Waals surface area contributed by atoms with Crippen molar-refractivity contribution >= 4 is 24.0 Å². The molecule has 0 aliphatic carbocycles. The summed E-state index contributed by atoms with van der Waals surface area (Å²) in [4.78, 5) is 46.7. The van der Waals surface area contributed by atoms with Crippen molar-refractivity contribution in [2.24, 2.45) is 5.41 Å². The molecule has 0 aliphatic rings. The van der Waals surface area contributed by atoms with Gasteiger partial charge in [0.2, 0.25) is 0 Å². The first kappa shape index (κ1) is 21.9. The average molecular weight is 345 g/mol. The lowest BCUT2D eigenvalue weighted by Gasteiger charge is -2.22. The Morgan fingerprint density at radius 1 is 1.00 bits per heavy atom. The summed E-state index contributed by atoms with van der Waals surface area (Å²) in [5, 5.41) is 2.33. The Bertz CT molecular complexity index is 486. The van der Waals surface area contributed by atoms with Crippen LogP contribution in [-0.2, 0) is 28.6 Å². The standard InChI is InChI=1S/C16H27NO7/c1-15(2,3)13(20)23-11(18)9-8-10(12(19)22-7)17-14(21)24-16(4,5)6/h10H,8-9H2,1-7H3,(H,17,21). The number of carbonyl (C=O) groups is 4. The second-order valence-electron chi connectivity index (χ2n) is 7.27. The average Bonchev–Trinajstić information content (AvgIpc) is 2.39. The van der Waals surface area contributed by atoms with E-state index in [0.29, 0.717) is 0 Å². The van der Waals surface area contributed by atoms with Crippen LogP contribution in [0.3, 0.4) is 0 Å². The second kappa shape index (κ2) is 8.65. The van der Waals surface area contributed by atoms with Crippen LogP contribution >= 0.6 is 0 Å². The molecule has 0 radical (unpaired) electrons. The summed E-state index contributed by atoms with van der Waals surface area (Å²) in [6.45, 7) is 9.87. The zero-order valence-electron chi connectivity index (χ0n) is 15.3. The Morgan fingerprint density at radius 2 is 1.54 bits per heavy atom. The number of hydrogen-bond acceptors (Lipinski definition) is 7. The van der Waals surface area contributed by atoms with Gasteiger partial charge in [0, 0.05) is 6.42 Å². The maximum atomic E-state index is 11.7. The van der Waals surface area contributed by atoms with Crippen LogP contribution < -0.4 is 5.32 Å². The molecule has 0 spiro atoms. The molecular weight excluding hydrogens is 318 g/mol. The molecule has 0 rings (SSSR count). The van der Waals surface area contributed by atoms with E-state index in [0.717, 1.165) is 7.11 Å². The molecule has 138 valence electrons. The van der Waals surface area contributed by atoms with Gasteiger partial charge in [-0.1, -0.05) is 0 Å². The van der Waals surface area contributed by atoms with Gasteiger partial charge in [-0.2, -0.15) is 0 Å². The van der Waals surface area contributed by atoms with Gasteiger partial charge in [-0.25, -0.2) is 9.59 Å². The molecule has 24 heavy (non-hydrogen) atoms. The number of hydrogen-bond donors (Lipinski definition) is 1. The molecule has 1 unspecified atom stereocenters. The van der Waals surface area contributed by atoms with Gasteiger partial charge in [0.05, 0.1) is 12.5 Å². The summed E-state index contributed by atoms with van der Waals surface area (Å²) in [6.07, 6.45) is -1.13. The smallest absolute Gasteiger partial charge is 0.408 e. The second-order valence-corrected chi connectivity index (χ2v) is 7.27. The highest BCUT2D eigenvalue weighted by Crippen LogP contribution is 2.16. The Morgan fingerprint density at radius 3 is 1.96 bits per heavy atom. The van der Waals surface area contributed by atoms with Crippen molar-refractivity contribution in [2.75, 3.05) is 7.11 Å². The van der Waals surface area contributed by atoms with E-state index in [1.165, 1.54) is 0 Å². The number of ether oxygens (including phenoxy) is 3. The van der Waals surface area contributed by atoms with Gasteiger partial charge in [0.15, 0.2) is 0 Å². The molecule has 0 saturated heterocycles. The fourth-order valence-corrected chi connectivity index (χ4v) is 1.41. The van der Waals surface area contributed by atoms with Crippen LogP contribution in [0.4, 0.5) is 4.79 Å². The van der Waals surface area contributed by atoms with Crippen LogP contribution in [0.5, 0.6) is 0 Å². The summed E-state index contributed by atoms with van der Waals surface area (Å²) in [6, 6.07) is -1.08. The highest BCUT2D eigenvalue weighted by Gasteiger charge is 2.28. The highest BCUT2D eigenvalue weighted by molar-refractivity contribution is 5.88. The molecule has 0 aromatic rings. The number of amides is 1. The van der Waals surface area contributed by atoms with Gasteiger partial charge >= 0.3 is 24.0 Å². The number of methoxy groups -OCH3 is 1. The first-order valence-electron chi connectivity index (χ1n) is 7.58. The molecule has 0 bridgehead atoms. The minimum Gasteiger partial charge on any atom is -0.467 e. The monoisotopic (exact) mass is 345 g/mol. The quantitative estimate of drug-likeness (QED) is 0.461. The molecule has 0 saturated carbocycles. The molecule has 0 fully saturated rings. The summed E-state index contributed by atoms with van der Waals surface area (Å²) < 4.78 is 14.3. The number of carbonyl (C=O) groups excluding carboxylic acids is 4. The topological polar surface area (TPSA) is 108 Å². The van der Waals surface area contributed by atoms with E-state index in [-0.39, 0.29) is 12.8 Å². The molecule has 0 aliphatic heterocycles. The van der Waals surface area contributed by atoms with E-state index >= 15 is 0 Å². The lowest BCUT2D eigenvalue weighted by Crippen LogP contribution is -2.44. The van der Waals surface area contributed by atoms with Crippen LogP contribution in [0.1, 0.15) is 54.4 Å². The molecule has 1 amide bonds. The summed E-state index contributed by atoms with van der Waals surface area (Å²) >= 11 is 0. The van der Waals surface area contributed by atoms with Gasteiger partial charge in [-0.15, -0.1) is 0 Å². The third-order valence-electron chi connectivity index (χ3n) is 2.63. The summed E-state index contributed by atoms with van der Waals surface area (Å²) in [5.41, 5.74) is -1.55. The van der Waals surface area contributed by atoms with E-state index in [1.54, 1.807) is 41.5 Å². The molecule has 0 heterocycles. The SMILES string of the molecule is COC(=O)C(CCC(=O)OC(=O)C(C)(C)C)NC(=O)OC(C)(C)C. The predicted molar refractivity (Wildman–Crippen MR) is 85.0 cm³/mol. The zero-order valence-corrected chi connectivity index (χ0v) is 15.3. The number of rotatable bonds is 5. The first-order chi connectivity index (χ1) is 10.8. The minimum absolute atomic E-state index is 0.0812. The van der Waals surface area contributed by atoms with Crippen molar-refractivity contribution in [3.63, 3.8) is 0 Å². The molecule has 1 atom stereocenters. The van der Waals surface area contributed by atoms with Crippen LogP contribution in [0.2, 0.25) is 0 Å². The first-order valence-corrected chi connectivity index (χ1v) is 7.58. The van der Waals surface area contributed by atoms with Gasteiger partial charge in [0.1, 0.15) is 11.6 Å². The maximum absolute atomic E-state index is 11.7. The van der Waals surface area contributed by atoms with E-state index in [9.17, 15) is 19.2 Å². The number of alkyl carbamates (subject to hydrolysis) is 1. The van der Waals surface area contributed by atoms with Crippen molar-refractivity contribution in [3.8, 4) is 0 Å². The van der Waals surface area contributed by atoms with Crippen LogP contribution in [0, 0.1) is 5.41 Å². The van der Waals surface area contributed by atoms with E-state index in [4.69, 9.17) is 9.47 Å². The Hall–Kier alpha value is -2.12. The Kier molecular flexibility index (Phi) is 7.89. The van der Waals surface area contributed by atoms with E-state index < -0.39 is 41.1 Å². The molecule has 1 N–H and O–H groups in total. The van der Waals surface area contributed by atoms with Gasteiger partial charge in [0.25, 0.3) is 0 Å². The third kappa shape index (κ3) is 9.12. The minimum atomic E-state index is -1.08. The number of nitrogens with one attached hydrogen (secondary N) is 1. The van der Waals surface area contributed by atoms with Crippen LogP contribution in [0.25, 0.3) is 0 Å². The fraction of sp³-hybridized carbons (Fsp3) is 0.750. The predicted octanol–water partition coefficient (Wildman–Crippen LogP) is 1.95. The van der Waals surface area contributed by atoms with Crippen LogP contribution in [0.15, 0.2) is 0 Å². The summed E-state index contributed by atoms with van der Waals surface area (Å²) in [5.74, 6) is -2.17. The third-order valence-corrected chi connectivity index (χ3v) is 2.63. The van der Waals surface area contributed by atoms with Crippen molar-refractivity contribution < 1.29 is 33.4 Å². The lowest BCUT2D eigenvalue weighted by atomic mass is 9.97. The summed E-state index contributed by atoms with van der Waals surface area (Å²) in [7, 11) is 1.16. The fourth-order valence-electron chi connectivity index (χ4n) is 1.41. The van der Waals surface area contributed by atoms with Crippen molar-refractivity contribution in [2.45, 2.75) is 66.0 Å². The van der Waals surface area contributed by atoms with E-state index in [1.807, 2.05) is 0 Å². The van der Waals surface area contributed by atoms with Crippen molar-refractivity contribution in [1.82, 2.24) is 5.32 Å². The highest BCUT2D eigenvalue weighted by atomic mass is 16.6. The molecule has 0 aromatic heterocycles. The maximum Gasteiger partial charge on any atom is 0.408 e. The van der Waals surface area contributed by atoms with Gasteiger partial charge in [-0.3, -0.25) is 9.59 Å². The normalized spacial score (nSPS) is 12.8. The molecule has 8 heteroatoms. The Balaban J connectivity index is 4.65. The number of esters is 3. The van der Waals surface area contributed by atoms with Crippen LogP contribution in [-0.4, -0.2) is 42.8 Å². The zero-order chi connectivity index (χ0) is 19.1. The largest absolute Gasteiger partial charge is 0.467 e. The van der Waals surface area contributed by atoms with Gasteiger partial charge < -0.3 is 19.5 Å². The molecule has 0 aromatic carbocycles. The molecular formula is C16H27NO7. The van der Waals surface area contributed by atoms with Gasteiger partial charge in [-0.05, 0) is 48.0 Å². The molecule has 8 nitrogen and oxygen atoms in total. The van der Waals surface area contributed by atoms with E-state index in [2.05, 4.69) is 10.1 Å². The van der Waals surface area contributed by atoms with Crippen molar-refractivity contribution in [3.05, 3.63) is 0 Å². The Labute approximate surface area is 142 Å².